The summed E-state index contributed by atoms with van der Waals surface area (Å²) in [6, 6.07) is 27.7. The Bertz CT molecular complexity index is 2610. The summed E-state index contributed by atoms with van der Waals surface area (Å²) in [7, 11) is -7.02. The van der Waals surface area contributed by atoms with Crippen LogP contribution in [0.5, 0.6) is 0 Å². The first-order valence-corrected chi connectivity index (χ1v) is 24.9. The predicted octanol–water partition coefficient (Wildman–Crippen LogP) is 8.16. The molecule has 0 radical (unpaired) electrons. The third-order valence-electron chi connectivity index (χ3n) is 10.9. The van der Waals surface area contributed by atoms with Crippen LogP contribution in [0.3, 0.4) is 0 Å². The number of piperazine rings is 1. The molecule has 63 heavy (non-hydrogen) atoms. The van der Waals surface area contributed by atoms with Crippen LogP contribution in [0.4, 0.5) is 24.7 Å². The highest BCUT2D eigenvalue weighted by Gasteiger charge is 2.48. The number of sulfone groups is 1. The molecule has 12 nitrogen and oxygen atoms in total. The van der Waals surface area contributed by atoms with Gasteiger partial charge >= 0.3 is 5.51 Å². The van der Waals surface area contributed by atoms with Crippen molar-refractivity contribution in [2.75, 3.05) is 69.2 Å². The van der Waals surface area contributed by atoms with Gasteiger partial charge in [-0.25, -0.2) is 31.8 Å². The van der Waals surface area contributed by atoms with Gasteiger partial charge in [0, 0.05) is 66.5 Å². The number of sulfonamides is 1. The SMILES string of the molecule is CN(C)CC[C@H](CSc1ccccc1)Nc1ccc(S(=O)(=O)Nc2nc(Cl)nc3c2CCN(N2CCN(Cc4ccccc4-c4ccc(Cl)cc4)CC2)C3)cc1S(=O)(=O)C(F)(F)F. The van der Waals surface area contributed by atoms with Crippen LogP contribution >= 0.6 is 35.0 Å². The van der Waals surface area contributed by atoms with Gasteiger partial charge in [0.1, 0.15) is 10.7 Å². The summed E-state index contributed by atoms with van der Waals surface area (Å²) in [6.07, 6.45) is 0.791. The number of halogens is 5. The fourth-order valence-corrected chi connectivity index (χ4v) is 11.0. The Morgan fingerprint density at radius 2 is 1.54 bits per heavy atom. The number of nitrogens with one attached hydrogen (secondary N) is 2. The Morgan fingerprint density at radius 1 is 0.841 bits per heavy atom. The number of rotatable bonds is 16. The van der Waals surface area contributed by atoms with Crippen molar-refractivity contribution in [2.45, 2.75) is 52.2 Å². The lowest BCUT2D eigenvalue weighted by Gasteiger charge is -2.43. The molecule has 4 aromatic carbocycles. The van der Waals surface area contributed by atoms with E-state index in [9.17, 15) is 30.0 Å². The Labute approximate surface area is 380 Å². The van der Waals surface area contributed by atoms with Crippen LogP contribution in [0.15, 0.2) is 112 Å². The van der Waals surface area contributed by atoms with Crippen LogP contribution in [0, 0.1) is 0 Å². The number of nitrogens with zero attached hydrogens (tertiary/aromatic N) is 6. The maximum absolute atomic E-state index is 14.2. The second kappa shape index (κ2) is 20.0. The molecular weight excluding hydrogens is 917 g/mol. The minimum atomic E-state index is -6.02. The average molecular weight is 964 g/mol. The van der Waals surface area contributed by atoms with E-state index in [0.717, 1.165) is 60.9 Å². The Kier molecular flexibility index (Phi) is 14.9. The van der Waals surface area contributed by atoms with Gasteiger partial charge < -0.3 is 10.2 Å². The van der Waals surface area contributed by atoms with Crippen LogP contribution < -0.4 is 10.0 Å². The molecule has 20 heteroatoms. The molecule has 2 aliphatic heterocycles. The van der Waals surface area contributed by atoms with E-state index in [-0.39, 0.29) is 16.8 Å². The smallest absolute Gasteiger partial charge is 0.380 e. The molecule has 0 spiro atoms. The first-order valence-electron chi connectivity index (χ1n) is 20.2. The molecule has 1 fully saturated rings. The molecule has 0 bridgehead atoms. The maximum Gasteiger partial charge on any atom is 0.501 e. The fourth-order valence-electron chi connectivity index (χ4n) is 7.57. The molecule has 0 aliphatic carbocycles. The topological polar surface area (TPSA) is 131 Å². The molecular formula is C43H47Cl2F3N8O4S3. The lowest BCUT2D eigenvalue weighted by atomic mass is 9.99. The molecule has 5 aromatic rings. The summed E-state index contributed by atoms with van der Waals surface area (Å²) >= 11 is 13.9. The number of fused-ring (bicyclic) bond motifs is 1. The van der Waals surface area contributed by atoms with Gasteiger partial charge in [0.05, 0.1) is 22.8 Å². The van der Waals surface area contributed by atoms with Crippen molar-refractivity contribution < 1.29 is 30.0 Å². The van der Waals surface area contributed by atoms with Gasteiger partial charge in [-0.05, 0) is 104 Å². The second-order valence-corrected chi connectivity index (χ2v) is 21.0. The van der Waals surface area contributed by atoms with Gasteiger partial charge in [-0.1, -0.05) is 66.2 Å². The van der Waals surface area contributed by atoms with E-state index in [1.165, 1.54) is 17.3 Å². The summed E-state index contributed by atoms with van der Waals surface area (Å²) in [4.78, 5) is 11.9. The number of thioether (sulfide) groups is 1. The molecule has 2 aliphatic rings. The van der Waals surface area contributed by atoms with Crippen LogP contribution in [0.1, 0.15) is 23.2 Å². The van der Waals surface area contributed by atoms with Crippen molar-refractivity contribution in [1.82, 2.24) is 29.8 Å². The minimum Gasteiger partial charge on any atom is -0.380 e. The first-order chi connectivity index (χ1) is 30.0. The minimum absolute atomic E-state index is 0.127. The summed E-state index contributed by atoms with van der Waals surface area (Å²) in [5, 5.41) is 7.83. The van der Waals surface area contributed by atoms with E-state index < -0.39 is 41.2 Å². The van der Waals surface area contributed by atoms with Crippen molar-refractivity contribution in [3.63, 3.8) is 0 Å². The Morgan fingerprint density at radius 3 is 2.24 bits per heavy atom. The maximum atomic E-state index is 14.2. The molecule has 0 amide bonds. The van der Waals surface area contributed by atoms with E-state index in [0.29, 0.717) is 60.6 Å². The van der Waals surface area contributed by atoms with Crippen LogP contribution in [0.25, 0.3) is 11.1 Å². The second-order valence-electron chi connectivity index (χ2n) is 15.6. The van der Waals surface area contributed by atoms with E-state index in [1.54, 1.807) is 0 Å². The Balaban J connectivity index is 1.06. The number of hydrazine groups is 1. The third kappa shape index (κ3) is 11.6. The van der Waals surface area contributed by atoms with Gasteiger partial charge in [-0.3, -0.25) is 9.62 Å². The van der Waals surface area contributed by atoms with Crippen molar-refractivity contribution >= 4 is 66.3 Å². The van der Waals surface area contributed by atoms with Crippen LogP contribution in [0.2, 0.25) is 10.3 Å². The molecule has 336 valence electrons. The summed E-state index contributed by atoms with van der Waals surface area (Å²) in [5.41, 5.74) is -1.63. The van der Waals surface area contributed by atoms with Gasteiger partial charge in [-0.2, -0.15) is 18.2 Å². The molecule has 7 rings (SSSR count). The standard InChI is InChI=1S/C43H47Cl2F3N8O4S3/c1-53(2)20-18-33(29-61-34-9-4-3-5-10-34)49-38-17-16-35(26-40(38)62(57,58)43(46,47)48)63(59,60)52-41-37-19-21-56(28-39(37)50-42(45)51-41)55-24-22-54(23-25-55)27-31-8-6-7-11-36(31)30-12-14-32(44)15-13-30/h3-17,26,33,49H,18-25,27-29H2,1-2H3,(H,50,51,52)/t33-/m1/s1. The van der Waals surface area contributed by atoms with Gasteiger partial charge in [0.2, 0.25) is 5.28 Å². The quantitative estimate of drug-likeness (QED) is 0.0731. The van der Waals surface area contributed by atoms with E-state index in [2.05, 4.69) is 47.1 Å². The van der Waals surface area contributed by atoms with Gasteiger partial charge in [-0.15, -0.1) is 11.8 Å². The molecule has 1 atom stereocenters. The van der Waals surface area contributed by atoms with E-state index in [4.69, 9.17) is 23.2 Å². The van der Waals surface area contributed by atoms with Crippen LogP contribution in [-0.2, 0) is 39.4 Å². The van der Waals surface area contributed by atoms with E-state index in [1.807, 2.05) is 85.7 Å². The van der Waals surface area contributed by atoms with Crippen molar-refractivity contribution in [2.24, 2.45) is 0 Å². The molecule has 0 unspecified atom stereocenters. The van der Waals surface area contributed by atoms with Gasteiger partial charge in [0.15, 0.2) is 0 Å². The average Bonchev–Trinajstić information content (AvgIpc) is 3.25. The van der Waals surface area contributed by atoms with Crippen molar-refractivity contribution in [3.05, 3.63) is 124 Å². The first kappa shape index (κ1) is 47.0. The molecule has 0 saturated carbocycles. The van der Waals surface area contributed by atoms with Gasteiger partial charge in [0.25, 0.3) is 19.9 Å². The summed E-state index contributed by atoms with van der Waals surface area (Å²) in [5.74, 6) is 0.261. The number of aromatic nitrogens is 2. The van der Waals surface area contributed by atoms with E-state index >= 15 is 0 Å². The molecule has 1 aromatic heterocycles. The third-order valence-corrected chi connectivity index (χ3v) is 15.4. The molecule has 1 saturated heterocycles. The number of hydrogen-bond donors (Lipinski definition) is 2. The largest absolute Gasteiger partial charge is 0.501 e. The van der Waals surface area contributed by atoms with Crippen molar-refractivity contribution in [3.8, 4) is 11.1 Å². The predicted molar refractivity (Wildman–Crippen MR) is 243 cm³/mol. The summed E-state index contributed by atoms with van der Waals surface area (Å²) < 4.78 is 99.0. The monoisotopic (exact) mass is 962 g/mol. The zero-order valence-corrected chi connectivity index (χ0v) is 38.5. The Hall–Kier alpha value is -3.98. The lowest BCUT2D eigenvalue weighted by Crippen LogP contribution is -2.54. The lowest BCUT2D eigenvalue weighted by molar-refractivity contribution is -0.0694. The highest BCUT2D eigenvalue weighted by atomic mass is 35.5. The zero-order valence-electron chi connectivity index (χ0n) is 34.5. The zero-order chi connectivity index (χ0) is 44.9. The van der Waals surface area contributed by atoms with Crippen molar-refractivity contribution in [1.29, 1.82) is 0 Å². The fraction of sp³-hybridized carbons (Fsp3) is 0.349. The highest BCUT2D eigenvalue weighted by Crippen LogP contribution is 2.38. The number of hydrogen-bond acceptors (Lipinski definition) is 12. The highest BCUT2D eigenvalue weighted by molar-refractivity contribution is 7.99. The molecule has 2 N–H and O–H groups in total. The summed E-state index contributed by atoms with van der Waals surface area (Å²) in [6.45, 7) is 5.24. The number of anilines is 2. The van der Waals surface area contributed by atoms with Crippen LogP contribution in [-0.4, -0.2) is 117 Å². The number of benzene rings is 4. The normalized spacial score (nSPS) is 16.2. The molecule has 3 heterocycles. The number of alkyl halides is 3.